The highest BCUT2D eigenvalue weighted by atomic mass is 19.2. The average Bonchev–Trinajstić information content (AvgIpc) is 2.61. The molecule has 0 aromatic heterocycles. The lowest BCUT2D eigenvalue weighted by molar-refractivity contribution is -0.122. The lowest BCUT2D eigenvalue weighted by atomic mass is 10.0. The molecule has 0 aliphatic carbocycles. The number of amides is 2. The van der Waals surface area contributed by atoms with Crippen LogP contribution in [0.25, 0.3) is 0 Å². The van der Waals surface area contributed by atoms with Gasteiger partial charge in [-0.15, -0.1) is 0 Å². The lowest BCUT2D eigenvalue weighted by Crippen LogP contribution is -2.39. The largest absolute Gasteiger partial charge is 0.357 e. The number of nitrogens with zero attached hydrogens (tertiary/aromatic N) is 1. The first kappa shape index (κ1) is 17.1. The number of hydrogen-bond acceptors (Lipinski definition) is 3. The molecule has 122 valence electrons. The van der Waals surface area contributed by atoms with Gasteiger partial charge in [0.1, 0.15) is 6.04 Å². The minimum atomic E-state index is -1.19. The van der Waals surface area contributed by atoms with Gasteiger partial charge in [0.2, 0.25) is 5.91 Å². The van der Waals surface area contributed by atoms with E-state index in [-0.39, 0.29) is 11.1 Å². The standard InChI is InChI=1S/C17H13F2N3O2/c1-21-17(24)15(12-6-7-13(18)14(19)8-12)22-16(23)11-4-2-10(9-20)3-5-11/h2-8,15H,1H3,(H,21,24)(H,22,23). The summed E-state index contributed by atoms with van der Waals surface area (Å²) in [6.07, 6.45) is 0. The van der Waals surface area contributed by atoms with Crippen LogP contribution in [0.1, 0.15) is 27.5 Å². The van der Waals surface area contributed by atoms with Crippen LogP contribution in [0.5, 0.6) is 0 Å². The number of carbonyl (C=O) groups excluding carboxylic acids is 2. The highest BCUT2D eigenvalue weighted by Gasteiger charge is 2.23. The molecule has 1 unspecified atom stereocenters. The third-order valence-corrected chi connectivity index (χ3v) is 3.34. The second-order valence-electron chi connectivity index (χ2n) is 4.88. The van der Waals surface area contributed by atoms with Crippen molar-refractivity contribution in [3.8, 4) is 6.07 Å². The van der Waals surface area contributed by atoms with Crippen LogP contribution < -0.4 is 10.6 Å². The first-order chi connectivity index (χ1) is 11.5. The molecule has 0 aliphatic rings. The summed E-state index contributed by atoms with van der Waals surface area (Å²) in [5, 5.41) is 13.6. The number of carbonyl (C=O) groups is 2. The van der Waals surface area contributed by atoms with E-state index in [1.165, 1.54) is 37.4 Å². The van der Waals surface area contributed by atoms with E-state index in [1.54, 1.807) is 0 Å². The number of benzene rings is 2. The summed E-state index contributed by atoms with van der Waals surface area (Å²) < 4.78 is 26.5. The second kappa shape index (κ2) is 7.33. The van der Waals surface area contributed by atoms with Gasteiger partial charge in [0.05, 0.1) is 11.6 Å². The van der Waals surface area contributed by atoms with Crippen molar-refractivity contribution in [1.82, 2.24) is 10.6 Å². The number of hydrogen-bond donors (Lipinski definition) is 2. The minimum absolute atomic E-state index is 0.107. The van der Waals surface area contributed by atoms with Gasteiger partial charge in [0.15, 0.2) is 11.6 Å². The number of halogens is 2. The summed E-state index contributed by atoms with van der Waals surface area (Å²) in [5.41, 5.74) is 0.718. The SMILES string of the molecule is CNC(=O)C(NC(=O)c1ccc(C#N)cc1)c1ccc(F)c(F)c1. The van der Waals surface area contributed by atoms with Crippen molar-refractivity contribution >= 4 is 11.8 Å². The van der Waals surface area contributed by atoms with Crippen LogP contribution in [0.2, 0.25) is 0 Å². The number of nitriles is 1. The zero-order valence-electron chi connectivity index (χ0n) is 12.6. The first-order valence-electron chi connectivity index (χ1n) is 6.94. The van der Waals surface area contributed by atoms with Gasteiger partial charge in [-0.2, -0.15) is 5.26 Å². The fraction of sp³-hybridized carbons (Fsp3) is 0.118. The normalized spacial score (nSPS) is 11.2. The third-order valence-electron chi connectivity index (χ3n) is 3.34. The Bertz CT molecular complexity index is 814. The smallest absolute Gasteiger partial charge is 0.252 e. The predicted molar refractivity (Wildman–Crippen MR) is 81.8 cm³/mol. The van der Waals surface area contributed by atoms with Crippen molar-refractivity contribution in [2.75, 3.05) is 7.05 Å². The summed E-state index contributed by atoms with van der Waals surface area (Å²) in [5.74, 6) is -3.33. The zero-order chi connectivity index (χ0) is 17.7. The molecule has 0 radical (unpaired) electrons. The van der Waals surface area contributed by atoms with Crippen LogP contribution in [0.15, 0.2) is 42.5 Å². The molecule has 0 fully saturated rings. The van der Waals surface area contributed by atoms with Crippen LogP contribution >= 0.6 is 0 Å². The third kappa shape index (κ3) is 3.73. The molecule has 1 atom stereocenters. The Balaban J connectivity index is 2.28. The second-order valence-corrected chi connectivity index (χ2v) is 4.88. The minimum Gasteiger partial charge on any atom is -0.357 e. The van der Waals surface area contributed by atoms with Crippen LogP contribution in [0.4, 0.5) is 8.78 Å². The fourth-order valence-electron chi connectivity index (χ4n) is 2.05. The molecule has 7 heteroatoms. The predicted octanol–water partition coefficient (Wildman–Crippen LogP) is 2.05. The maximum Gasteiger partial charge on any atom is 0.252 e. The van der Waals surface area contributed by atoms with E-state index in [1.807, 2.05) is 6.07 Å². The van der Waals surface area contributed by atoms with E-state index in [2.05, 4.69) is 10.6 Å². The van der Waals surface area contributed by atoms with Gasteiger partial charge >= 0.3 is 0 Å². The first-order valence-corrected chi connectivity index (χ1v) is 6.94. The van der Waals surface area contributed by atoms with E-state index < -0.39 is 29.5 Å². The van der Waals surface area contributed by atoms with Gasteiger partial charge in [0, 0.05) is 12.6 Å². The molecule has 2 amide bonds. The molecule has 2 aromatic carbocycles. The lowest BCUT2D eigenvalue weighted by Gasteiger charge is -2.18. The fourth-order valence-corrected chi connectivity index (χ4v) is 2.05. The molecule has 0 aliphatic heterocycles. The Hall–Kier alpha value is -3.27. The van der Waals surface area contributed by atoms with Crippen molar-refractivity contribution in [2.24, 2.45) is 0 Å². The van der Waals surface area contributed by atoms with Crippen LogP contribution in [0.3, 0.4) is 0 Å². The topological polar surface area (TPSA) is 82.0 Å². The van der Waals surface area contributed by atoms with Gasteiger partial charge in [-0.05, 0) is 42.0 Å². The Labute approximate surface area is 136 Å². The van der Waals surface area contributed by atoms with E-state index in [0.717, 1.165) is 12.1 Å². The highest BCUT2D eigenvalue weighted by molar-refractivity contribution is 5.97. The molecule has 0 saturated carbocycles. The van der Waals surface area contributed by atoms with Gasteiger partial charge in [-0.1, -0.05) is 6.07 Å². The maximum atomic E-state index is 13.4. The molecule has 0 spiro atoms. The Morgan fingerprint density at radius 2 is 1.75 bits per heavy atom. The average molecular weight is 329 g/mol. The van der Waals surface area contributed by atoms with Gasteiger partial charge < -0.3 is 10.6 Å². The van der Waals surface area contributed by atoms with Crippen molar-refractivity contribution < 1.29 is 18.4 Å². The number of likely N-dealkylation sites (N-methyl/N-ethyl adjacent to an activating group) is 1. The Morgan fingerprint density at radius 1 is 1.08 bits per heavy atom. The van der Waals surface area contributed by atoms with Crippen LogP contribution in [-0.4, -0.2) is 18.9 Å². The molecule has 24 heavy (non-hydrogen) atoms. The molecular weight excluding hydrogens is 316 g/mol. The number of rotatable bonds is 4. The quantitative estimate of drug-likeness (QED) is 0.901. The zero-order valence-corrected chi connectivity index (χ0v) is 12.6. The highest BCUT2D eigenvalue weighted by Crippen LogP contribution is 2.17. The van der Waals surface area contributed by atoms with E-state index >= 15 is 0 Å². The van der Waals surface area contributed by atoms with E-state index in [9.17, 15) is 18.4 Å². The Morgan fingerprint density at radius 3 is 2.29 bits per heavy atom. The van der Waals surface area contributed by atoms with Gasteiger partial charge in [-0.3, -0.25) is 9.59 Å². The van der Waals surface area contributed by atoms with E-state index in [4.69, 9.17) is 5.26 Å². The molecule has 2 rings (SSSR count). The molecule has 2 aromatic rings. The van der Waals surface area contributed by atoms with E-state index in [0.29, 0.717) is 5.56 Å². The van der Waals surface area contributed by atoms with Gasteiger partial charge in [0.25, 0.3) is 5.91 Å². The molecule has 0 bridgehead atoms. The molecule has 2 N–H and O–H groups in total. The maximum absolute atomic E-state index is 13.4. The van der Waals surface area contributed by atoms with Crippen molar-refractivity contribution in [3.05, 3.63) is 70.8 Å². The summed E-state index contributed by atoms with van der Waals surface area (Å²) in [6.45, 7) is 0. The van der Waals surface area contributed by atoms with Crippen molar-refractivity contribution in [2.45, 2.75) is 6.04 Å². The molecular formula is C17H13F2N3O2. The monoisotopic (exact) mass is 329 g/mol. The summed E-state index contributed by atoms with van der Waals surface area (Å²) in [6, 6.07) is 9.48. The van der Waals surface area contributed by atoms with Gasteiger partial charge in [-0.25, -0.2) is 8.78 Å². The van der Waals surface area contributed by atoms with Crippen molar-refractivity contribution in [1.29, 1.82) is 5.26 Å². The molecule has 5 nitrogen and oxygen atoms in total. The Kier molecular flexibility index (Phi) is 5.22. The summed E-state index contributed by atoms with van der Waals surface area (Å²) >= 11 is 0. The molecule has 0 heterocycles. The summed E-state index contributed by atoms with van der Waals surface area (Å²) in [4.78, 5) is 24.2. The van der Waals surface area contributed by atoms with Crippen LogP contribution in [-0.2, 0) is 4.79 Å². The van der Waals surface area contributed by atoms with Crippen LogP contribution in [0, 0.1) is 23.0 Å². The molecule has 0 saturated heterocycles. The summed E-state index contributed by atoms with van der Waals surface area (Å²) in [7, 11) is 1.36. The van der Waals surface area contributed by atoms with Crippen molar-refractivity contribution in [3.63, 3.8) is 0 Å². The number of nitrogens with one attached hydrogen (secondary N) is 2.